The molecule has 5 saturated carbocycles. The van der Waals surface area contributed by atoms with E-state index in [9.17, 15) is 124 Å². The number of aromatic carboxylic acids is 1. The summed E-state index contributed by atoms with van der Waals surface area (Å²) in [5.41, 5.74) is 13.3. The van der Waals surface area contributed by atoms with Crippen LogP contribution in [0.3, 0.4) is 0 Å². The molecule has 4 aromatic carbocycles. The summed E-state index contributed by atoms with van der Waals surface area (Å²) in [6.45, 7) is 5.14. The Kier molecular flexibility index (Phi) is 62.0. The van der Waals surface area contributed by atoms with Crippen LogP contribution in [0, 0.1) is 29.6 Å². The molecule has 0 radical (unpaired) electrons. The molecule has 12 rings (SSSR count). The number of nitrogens with two attached hydrogens (primary N) is 2. The van der Waals surface area contributed by atoms with Crippen molar-refractivity contribution in [1.82, 2.24) is 12.3 Å². The van der Waals surface area contributed by atoms with Gasteiger partial charge in [-0.3, -0.25) is 9.59 Å². The van der Waals surface area contributed by atoms with Gasteiger partial charge in [0, 0.05) is 71.1 Å². The molecule has 8 aliphatic carbocycles. The third-order valence-electron chi connectivity index (χ3n) is 20.7. The summed E-state index contributed by atoms with van der Waals surface area (Å²) < 4.78 is 207. The summed E-state index contributed by atoms with van der Waals surface area (Å²) in [6, 6.07) is 32.2. The molecule has 3 unspecified atom stereocenters. The Labute approximate surface area is 821 Å². The van der Waals surface area contributed by atoms with E-state index in [0.29, 0.717) is 24.2 Å². The van der Waals surface area contributed by atoms with E-state index in [1.165, 1.54) is 20.3 Å². The first kappa shape index (κ1) is 134. The molecule has 0 saturated heterocycles. The van der Waals surface area contributed by atoms with Crippen molar-refractivity contribution in [3.8, 4) is 0 Å². The van der Waals surface area contributed by atoms with Gasteiger partial charge in [-0.1, -0.05) is 53.5 Å². The molecule has 24 nitrogen and oxygen atoms in total. The standard InChI is InChI=1S/C15H16F2O2Se.C14H14F2O2Se.C13H13F2NO2Se.C9H12F2O2.2C7H5ClF2O2.C7H9F2NO2.C7H7F2NO2.C7H6O2S.CH4O.3CH4.ClH.2H3N/c1-10-8-15(14(18)19-2,9-12(10)13(16)17)20-11-6-4-3-5-7-11;1-9-7-14(13(17)18,8-11(9)12(15)16)19-10-5-3-2-4-6-10;14-11(15)9-6-13(12(17)18,7-10(9)16)19-8-4-2-1-3-5-8;1-5-3-6(9(12)13-2)4-7(5)8(10)11;2*8-5-2-3(7(11)12)1-4(5)6(9)10;2*8-6(9)4-1-3(7(11)12)2-5(4)10;8-7(9)5-3-1-2-4-6(5)10;1-2;;;;;;/h3-7,10H,8-9H2,1-2H3;2-6,9H,7-8H2,1H3,(H,17,18);1-5,10H,6-7,16H2,(H,17,18);5-6H,3-4H2,1-2H3;2,5H,1H2,(H,11,12);1,5H,2H2,(H,11,12);3,5H,1-2,10H2,(H,11,12);2,5H,1,10H2,(H,11,12);1-4,10H,(H,8,9);2H,1H3;3*1H4;1H;2*1H3/t10-,15?;9-,14?;10-,13?;5-,6+;2*5-;3-,5-;5-;;;;;;;;/m00000000......../s1. The number of rotatable bonds is 15. The second-order valence-electron chi connectivity index (χ2n) is 29.6. The van der Waals surface area contributed by atoms with Gasteiger partial charge in [-0.15, -0.1) is 35.8 Å². The van der Waals surface area contributed by atoms with E-state index in [1.54, 1.807) is 39.0 Å². The van der Waals surface area contributed by atoms with Crippen LogP contribution in [0.4, 0.5) is 70.2 Å². The van der Waals surface area contributed by atoms with Crippen molar-refractivity contribution >= 4 is 148 Å². The Morgan fingerprint density at radius 3 is 1.09 bits per heavy atom. The number of aliphatic hydroxyl groups excluding tert-OH is 1. The van der Waals surface area contributed by atoms with Gasteiger partial charge in [0.25, 0.3) is 30.4 Å². The number of thiol groups is 1. The maximum Gasteiger partial charge on any atom is 0.336 e. The molecule has 0 aromatic heterocycles. The molecule has 137 heavy (non-hydrogen) atoms. The number of carbonyl (C=O) groups is 9. The van der Waals surface area contributed by atoms with Gasteiger partial charge < -0.3 is 71.6 Å². The summed E-state index contributed by atoms with van der Waals surface area (Å²) in [5, 5.41) is 66.4. The minimum Gasteiger partial charge on any atom is -1.00 e. The Balaban J connectivity index is -0.000000727. The zero-order valence-electron chi connectivity index (χ0n) is 71.9. The predicted octanol–water partition coefficient (Wildman–Crippen LogP) is 15.6. The number of allylic oxidation sites excluding steroid dienone is 7. The Morgan fingerprint density at radius 2 is 0.803 bits per heavy atom. The van der Waals surface area contributed by atoms with Gasteiger partial charge in [0.1, 0.15) is 6.04 Å². The van der Waals surface area contributed by atoms with Crippen molar-refractivity contribution < 1.29 is 182 Å². The number of hydrogen-bond donors (Lipinski definition) is 14. The van der Waals surface area contributed by atoms with Crippen molar-refractivity contribution in [3.63, 3.8) is 0 Å². The number of esters is 2. The molecular weight excluding hydrogens is 2130 g/mol. The van der Waals surface area contributed by atoms with Gasteiger partial charge in [-0.2, -0.15) is 43.9 Å². The Morgan fingerprint density at radius 1 is 0.438 bits per heavy atom. The van der Waals surface area contributed by atoms with Crippen molar-refractivity contribution in [2.24, 2.45) is 41.1 Å². The van der Waals surface area contributed by atoms with Gasteiger partial charge >= 0.3 is 390 Å². The number of carboxylic acids is 7. The number of quaternary nitrogens is 1. The summed E-state index contributed by atoms with van der Waals surface area (Å²) in [7, 11) is 3.60. The fourth-order valence-corrected chi connectivity index (χ4v) is 23.6. The van der Waals surface area contributed by atoms with Crippen LogP contribution in [-0.4, -0.2) is 190 Å². The minimum atomic E-state index is -1.91. The first-order chi connectivity index (χ1) is 61.2. The summed E-state index contributed by atoms with van der Waals surface area (Å²) in [6.07, 6.45) is -10.1. The number of ether oxygens (including phenoxy) is 2. The van der Waals surface area contributed by atoms with E-state index >= 15 is 0 Å². The molecule has 766 valence electrons. The fraction of sp³-hybridized carbons (Fsp3) is 0.389. The maximum atomic E-state index is 13.0. The molecule has 0 heterocycles. The molecule has 0 aliphatic heterocycles. The van der Waals surface area contributed by atoms with Crippen molar-refractivity contribution in [2.45, 2.75) is 173 Å². The third kappa shape index (κ3) is 40.4. The topological polar surface area (TPSA) is 484 Å². The molecule has 4 aromatic rings. The largest absolute Gasteiger partial charge is 1.00 e. The van der Waals surface area contributed by atoms with E-state index in [1.807, 2.05) is 91.0 Å². The molecule has 0 amide bonds. The average Bonchev–Trinajstić information content (AvgIpc) is 1.64. The number of hydrogen-bond acceptors (Lipinski definition) is 17. The normalized spacial score (nSPS) is 22.9. The number of carbonyl (C=O) groups excluding carboxylic acids is 2. The molecular formula is C90H110Cl3F16N5O19SSe3. The van der Waals surface area contributed by atoms with Gasteiger partial charge in [-0.25, -0.2) is 19.2 Å². The van der Waals surface area contributed by atoms with Crippen molar-refractivity contribution in [3.05, 3.63) is 249 Å². The molecule has 8 aliphatic rings. The minimum absolute atomic E-state index is 0. The first-order valence-corrected chi connectivity index (χ1v) is 45.0. The Hall–Kier alpha value is -9.33. The molecule has 47 heteroatoms. The Bertz CT molecular complexity index is 4930. The molecule has 0 bridgehead atoms. The van der Waals surface area contributed by atoms with Crippen LogP contribution in [-0.2, 0) is 47.8 Å². The van der Waals surface area contributed by atoms with E-state index in [4.69, 9.17) is 70.0 Å². The average molecular weight is 2250 g/mol. The molecule has 21 N–H and O–H groups in total. The quantitative estimate of drug-likeness (QED) is 0.0173. The first-order valence-electron chi connectivity index (χ1n) is 38.5. The monoisotopic (exact) mass is 2250 g/mol. The maximum absolute atomic E-state index is 13.0. The fourth-order valence-electron chi connectivity index (χ4n) is 14.0. The second kappa shape index (κ2) is 63.4. The SMILES string of the molecule is C.C.C.CO.COC(=O)C1([Se]c2ccccc2)CC(=C(F)F)[C@@H](C)C1.COC(=O)[C@H]1CC(=C(F)F)[C@@H](C)C1.C[C@H]1CC([Se]c2ccccc2)(C(=O)O)CC1=C(F)F.N.N.N[C@H]1C=C(C(=O)O)CC1=C(F)F.N[C@H]1CC([Se]c2ccccc2)(C(=O)O)CC1=C(F)F.O=C(O)C1=CC(=C(F)F)[C@@H](Cl)C1.O=C(O)C1=C[C@H](Cl)C(=C(F)F)C1.O=C(O)c1ccccc1S.[Cl-].[NH3+][C@H]1C[C@@H](C(=O)O)CC1=C(F)F. The van der Waals surface area contributed by atoms with Gasteiger partial charge in [0.2, 0.25) is 0 Å². The molecule has 0 spiro atoms. The number of benzene rings is 4. The third-order valence-corrected chi connectivity index (χ3v) is 30.5. The van der Waals surface area contributed by atoms with Crippen LogP contribution >= 0.6 is 35.8 Å². The number of methoxy groups -OCH3 is 2. The number of aliphatic hydroxyl groups is 1. The number of alkyl halides is 2. The van der Waals surface area contributed by atoms with Crippen LogP contribution in [0.25, 0.3) is 0 Å². The van der Waals surface area contributed by atoms with Crippen LogP contribution in [0.2, 0.25) is 12.9 Å². The van der Waals surface area contributed by atoms with Crippen LogP contribution in [0.1, 0.15) is 137 Å². The predicted molar refractivity (Wildman–Crippen MR) is 487 cm³/mol. The van der Waals surface area contributed by atoms with Crippen LogP contribution in [0.15, 0.2) is 248 Å². The van der Waals surface area contributed by atoms with E-state index in [-0.39, 0.29) is 244 Å². The zero-order chi connectivity index (χ0) is 99.6. The van der Waals surface area contributed by atoms with Crippen LogP contribution < -0.4 is 55.3 Å². The summed E-state index contributed by atoms with van der Waals surface area (Å²) in [4.78, 5) is 98.6. The zero-order valence-corrected chi connectivity index (χ0v) is 80.2. The summed E-state index contributed by atoms with van der Waals surface area (Å²) in [5.74, 6) is -10.2. The van der Waals surface area contributed by atoms with Gasteiger partial charge in [0.15, 0.2) is 0 Å². The number of aliphatic carboxylic acids is 6. The second-order valence-corrected chi connectivity index (χ2v) is 40.2. The van der Waals surface area contributed by atoms with E-state index < -0.39 is 153 Å². The van der Waals surface area contributed by atoms with Crippen molar-refractivity contribution in [1.29, 1.82) is 0 Å². The molecule has 13 atom stereocenters. The van der Waals surface area contributed by atoms with Gasteiger partial charge in [0.05, 0.1) is 46.9 Å². The smallest absolute Gasteiger partial charge is 0.336 e. The number of halogens is 19. The summed E-state index contributed by atoms with van der Waals surface area (Å²) >= 11 is 13.8. The van der Waals surface area contributed by atoms with Crippen LogP contribution in [0.5, 0.6) is 0 Å². The van der Waals surface area contributed by atoms with Gasteiger partial charge in [-0.05, 0) is 49.0 Å². The number of carboxylic acid groups (broad SMARTS) is 7. The van der Waals surface area contributed by atoms with E-state index in [0.717, 1.165) is 38.7 Å². The molecule has 5 fully saturated rings. The van der Waals surface area contributed by atoms with E-state index in [2.05, 4.69) is 23.1 Å². The van der Waals surface area contributed by atoms with Crippen molar-refractivity contribution in [2.75, 3.05) is 21.3 Å².